The molecule has 1 saturated carbocycles. The van der Waals surface area contributed by atoms with E-state index >= 15 is 0 Å². The lowest BCUT2D eigenvalue weighted by Gasteiger charge is -2.30. The molecule has 1 fully saturated rings. The number of carbonyl (C=O) groups is 1. The molecule has 3 aromatic rings. The van der Waals surface area contributed by atoms with E-state index in [1.54, 1.807) is 26.5 Å². The van der Waals surface area contributed by atoms with Gasteiger partial charge in [-0.3, -0.25) is 4.79 Å². The number of nitrogens with zero attached hydrogens (tertiary/aromatic N) is 3. The lowest BCUT2D eigenvalue weighted by molar-refractivity contribution is 0.0995. The topological polar surface area (TPSA) is 121 Å². The molecule has 3 N–H and O–H groups in total. The number of nitrogens with two attached hydrogens (primary N) is 1. The fourth-order valence-corrected chi connectivity index (χ4v) is 4.13. The van der Waals surface area contributed by atoms with Gasteiger partial charge >= 0.3 is 0 Å². The molecule has 2 aromatic heterocycles. The van der Waals surface area contributed by atoms with Crippen molar-refractivity contribution < 1.29 is 19.0 Å². The standard InChI is InChI=1S/C24H27N5O4/c1-31-19-14-20(32-2)29-24(28-19)27-16-10-8-15(9-11-16)18-12-13-26-23(21(18)22(25)30)33-17-6-4-3-5-7-17/h3-7,12-16H,8-11H2,1-2H3,(H2,25,30)(H,27,28,29). The van der Waals surface area contributed by atoms with Gasteiger partial charge in [0.2, 0.25) is 23.6 Å². The Morgan fingerprint density at radius 1 is 1.00 bits per heavy atom. The number of pyridine rings is 1. The van der Waals surface area contributed by atoms with Crippen LogP contribution in [0.25, 0.3) is 0 Å². The van der Waals surface area contributed by atoms with Gasteiger partial charge in [-0.15, -0.1) is 0 Å². The second-order valence-corrected chi connectivity index (χ2v) is 7.83. The van der Waals surface area contributed by atoms with Gasteiger partial charge in [0.25, 0.3) is 5.91 Å². The number of hydrogen-bond acceptors (Lipinski definition) is 8. The number of aromatic nitrogens is 3. The maximum Gasteiger partial charge on any atom is 0.254 e. The van der Waals surface area contributed by atoms with Gasteiger partial charge in [0.05, 0.1) is 20.3 Å². The number of hydrogen-bond donors (Lipinski definition) is 2. The molecular formula is C24H27N5O4. The van der Waals surface area contributed by atoms with E-state index in [4.69, 9.17) is 19.9 Å². The quantitative estimate of drug-likeness (QED) is 0.531. The van der Waals surface area contributed by atoms with Crippen molar-refractivity contribution in [3.05, 3.63) is 59.8 Å². The highest BCUT2D eigenvalue weighted by Gasteiger charge is 2.28. The third-order valence-electron chi connectivity index (χ3n) is 5.75. The van der Waals surface area contributed by atoms with Gasteiger partial charge in [0, 0.05) is 12.2 Å². The number of para-hydroxylation sites is 1. The van der Waals surface area contributed by atoms with E-state index in [0.29, 0.717) is 29.0 Å². The van der Waals surface area contributed by atoms with Crippen LogP contribution in [0, 0.1) is 0 Å². The van der Waals surface area contributed by atoms with E-state index in [2.05, 4.69) is 20.3 Å². The van der Waals surface area contributed by atoms with Crippen LogP contribution in [-0.2, 0) is 0 Å². The summed E-state index contributed by atoms with van der Waals surface area (Å²) >= 11 is 0. The number of nitrogens with one attached hydrogen (secondary N) is 1. The molecule has 0 saturated heterocycles. The zero-order valence-corrected chi connectivity index (χ0v) is 18.7. The predicted molar refractivity (Wildman–Crippen MR) is 123 cm³/mol. The Labute approximate surface area is 192 Å². The summed E-state index contributed by atoms with van der Waals surface area (Å²) in [5, 5.41) is 3.37. The Bertz CT molecular complexity index is 1080. The van der Waals surface area contributed by atoms with Gasteiger partial charge in [0.1, 0.15) is 11.3 Å². The predicted octanol–water partition coefficient (Wildman–Crippen LogP) is 3.92. The van der Waals surface area contributed by atoms with Crippen molar-refractivity contribution in [1.82, 2.24) is 15.0 Å². The number of carbonyl (C=O) groups excluding carboxylic acids is 1. The van der Waals surface area contributed by atoms with E-state index in [-0.39, 0.29) is 17.8 Å². The minimum atomic E-state index is -0.541. The molecule has 0 bridgehead atoms. The largest absolute Gasteiger partial charge is 0.481 e. The van der Waals surface area contributed by atoms with Crippen LogP contribution >= 0.6 is 0 Å². The highest BCUT2D eigenvalue weighted by atomic mass is 16.5. The molecule has 4 rings (SSSR count). The minimum absolute atomic E-state index is 0.174. The Hall–Kier alpha value is -3.88. The molecule has 33 heavy (non-hydrogen) atoms. The van der Waals surface area contributed by atoms with Crippen molar-refractivity contribution in [3.63, 3.8) is 0 Å². The first-order valence-corrected chi connectivity index (χ1v) is 10.8. The number of anilines is 1. The van der Waals surface area contributed by atoms with Gasteiger partial charge in [0.15, 0.2) is 0 Å². The lowest BCUT2D eigenvalue weighted by Crippen LogP contribution is -2.27. The van der Waals surface area contributed by atoms with Gasteiger partial charge in [-0.1, -0.05) is 18.2 Å². The Morgan fingerprint density at radius 2 is 1.67 bits per heavy atom. The smallest absolute Gasteiger partial charge is 0.254 e. The summed E-state index contributed by atoms with van der Waals surface area (Å²) in [6.07, 6.45) is 5.16. The zero-order valence-electron chi connectivity index (χ0n) is 18.7. The van der Waals surface area contributed by atoms with Crippen LogP contribution < -0.4 is 25.3 Å². The molecule has 172 valence electrons. The first-order valence-electron chi connectivity index (χ1n) is 10.8. The average molecular weight is 450 g/mol. The van der Waals surface area contributed by atoms with Gasteiger partial charge in [-0.05, 0) is 55.4 Å². The van der Waals surface area contributed by atoms with Crippen molar-refractivity contribution in [3.8, 4) is 23.4 Å². The van der Waals surface area contributed by atoms with Crippen LogP contribution in [0.3, 0.4) is 0 Å². The Kier molecular flexibility index (Phi) is 6.87. The first-order chi connectivity index (χ1) is 16.1. The third-order valence-corrected chi connectivity index (χ3v) is 5.75. The summed E-state index contributed by atoms with van der Waals surface area (Å²) in [7, 11) is 3.11. The molecule has 9 nitrogen and oxygen atoms in total. The molecule has 0 radical (unpaired) electrons. The van der Waals surface area contributed by atoms with Crippen molar-refractivity contribution in [2.45, 2.75) is 37.6 Å². The maximum atomic E-state index is 12.4. The van der Waals surface area contributed by atoms with Crippen molar-refractivity contribution in [1.29, 1.82) is 0 Å². The van der Waals surface area contributed by atoms with Gasteiger partial charge in [-0.25, -0.2) is 4.98 Å². The second kappa shape index (κ2) is 10.2. The number of primary amides is 1. The molecule has 1 aliphatic rings. The fourth-order valence-electron chi connectivity index (χ4n) is 4.13. The van der Waals surface area contributed by atoms with Crippen molar-refractivity contribution in [2.75, 3.05) is 19.5 Å². The van der Waals surface area contributed by atoms with E-state index in [1.807, 2.05) is 36.4 Å². The monoisotopic (exact) mass is 449 g/mol. The van der Waals surface area contributed by atoms with Crippen molar-refractivity contribution in [2.24, 2.45) is 5.73 Å². The molecular weight excluding hydrogens is 422 g/mol. The van der Waals surface area contributed by atoms with Crippen LogP contribution in [0.4, 0.5) is 5.95 Å². The van der Waals surface area contributed by atoms with E-state index in [1.165, 1.54) is 0 Å². The SMILES string of the molecule is COc1cc(OC)nc(NC2CCC(c3ccnc(Oc4ccccc4)c3C(N)=O)CC2)n1. The maximum absolute atomic E-state index is 12.4. The number of rotatable bonds is 8. The number of benzene rings is 1. The Balaban J connectivity index is 1.47. The van der Waals surface area contributed by atoms with E-state index < -0.39 is 5.91 Å². The summed E-state index contributed by atoms with van der Waals surface area (Å²) in [5.74, 6) is 1.82. The van der Waals surface area contributed by atoms with Gasteiger partial charge < -0.3 is 25.3 Å². The average Bonchev–Trinajstić information content (AvgIpc) is 2.84. The summed E-state index contributed by atoms with van der Waals surface area (Å²) < 4.78 is 16.3. The summed E-state index contributed by atoms with van der Waals surface area (Å²) in [4.78, 5) is 25.3. The summed E-state index contributed by atoms with van der Waals surface area (Å²) in [6.45, 7) is 0. The van der Waals surface area contributed by atoms with E-state index in [0.717, 1.165) is 31.2 Å². The fraction of sp³-hybridized carbons (Fsp3) is 0.333. The molecule has 9 heteroatoms. The molecule has 0 unspecified atom stereocenters. The van der Waals surface area contributed by atoms with Gasteiger partial charge in [-0.2, -0.15) is 9.97 Å². The molecule has 1 aromatic carbocycles. The normalized spacial score (nSPS) is 17.8. The molecule has 0 atom stereocenters. The van der Waals surface area contributed by atoms with E-state index in [9.17, 15) is 4.79 Å². The number of methoxy groups -OCH3 is 2. The zero-order chi connectivity index (χ0) is 23.2. The van der Waals surface area contributed by atoms with Crippen molar-refractivity contribution >= 4 is 11.9 Å². The highest BCUT2D eigenvalue weighted by molar-refractivity contribution is 5.96. The molecule has 0 spiro atoms. The molecule has 1 aliphatic carbocycles. The minimum Gasteiger partial charge on any atom is -0.481 e. The summed E-state index contributed by atoms with van der Waals surface area (Å²) in [6, 6.07) is 12.9. The Morgan fingerprint density at radius 3 is 2.27 bits per heavy atom. The van der Waals surface area contributed by atoms with Crippen LogP contribution in [0.5, 0.6) is 23.4 Å². The number of ether oxygens (including phenoxy) is 3. The van der Waals surface area contributed by atoms with Crippen LogP contribution in [0.1, 0.15) is 47.5 Å². The third kappa shape index (κ3) is 5.31. The summed E-state index contributed by atoms with van der Waals surface area (Å²) in [5.41, 5.74) is 6.97. The first kappa shape index (κ1) is 22.3. The van der Waals surface area contributed by atoms with Crippen LogP contribution in [-0.4, -0.2) is 41.1 Å². The molecule has 1 amide bonds. The second-order valence-electron chi connectivity index (χ2n) is 7.83. The highest BCUT2D eigenvalue weighted by Crippen LogP contribution is 2.38. The van der Waals surface area contributed by atoms with Crippen LogP contribution in [0.2, 0.25) is 0 Å². The lowest BCUT2D eigenvalue weighted by atomic mass is 9.80. The molecule has 2 heterocycles. The number of amides is 1. The molecule has 0 aliphatic heterocycles. The van der Waals surface area contributed by atoms with Crippen LogP contribution in [0.15, 0.2) is 48.7 Å².